The molecule has 0 aliphatic rings. The minimum atomic E-state index is -0.0306. The molecule has 2 heterocycles. The molecule has 3 heteroatoms. The third-order valence-corrected chi connectivity index (χ3v) is 6.48. The molecule has 176 valence electrons. The number of benzene rings is 2. The molecule has 0 saturated carbocycles. The van der Waals surface area contributed by atoms with Gasteiger partial charge in [0.05, 0.1) is 5.69 Å². The Morgan fingerprint density at radius 2 is 1.41 bits per heavy atom. The van der Waals surface area contributed by atoms with E-state index in [1.54, 1.807) is 0 Å². The van der Waals surface area contributed by atoms with Crippen molar-refractivity contribution in [1.82, 2.24) is 9.97 Å². The van der Waals surface area contributed by atoms with E-state index in [1.807, 2.05) is 18.3 Å². The molecule has 2 aromatic heterocycles. The van der Waals surface area contributed by atoms with Crippen LogP contribution in [0.4, 0.5) is 0 Å². The summed E-state index contributed by atoms with van der Waals surface area (Å²) in [7, 11) is 0. The van der Waals surface area contributed by atoms with E-state index in [0.717, 1.165) is 17.0 Å². The zero-order valence-corrected chi connectivity index (χ0v) is 21.5. The van der Waals surface area contributed by atoms with E-state index >= 15 is 0 Å². The zero-order valence-electron chi connectivity index (χ0n) is 21.5. The molecule has 4 rings (SSSR count). The van der Waals surface area contributed by atoms with Crippen molar-refractivity contribution in [1.29, 1.82) is 0 Å². The van der Waals surface area contributed by atoms with E-state index < -0.39 is 0 Å². The normalized spacial score (nSPS) is 12.2. The van der Waals surface area contributed by atoms with Gasteiger partial charge in [-0.3, -0.25) is 4.79 Å². The molecule has 4 aromatic rings. The molecule has 0 saturated heterocycles. The topological polar surface area (TPSA) is 48.6 Å². The molecule has 0 bridgehead atoms. The lowest BCUT2D eigenvalue weighted by molar-refractivity contribution is 0.103. The Morgan fingerprint density at radius 3 is 2.00 bits per heavy atom. The van der Waals surface area contributed by atoms with Gasteiger partial charge in [-0.1, -0.05) is 77.4 Å². The molecule has 0 aliphatic heterocycles. The van der Waals surface area contributed by atoms with Gasteiger partial charge in [0.1, 0.15) is 0 Å². The number of ketones is 1. The first-order chi connectivity index (χ1) is 15.9. The van der Waals surface area contributed by atoms with Gasteiger partial charge in [0.2, 0.25) is 5.78 Å². The zero-order chi connectivity index (χ0) is 24.7. The van der Waals surface area contributed by atoms with Gasteiger partial charge in [-0.25, -0.2) is 0 Å². The van der Waals surface area contributed by atoms with Crippen molar-refractivity contribution in [2.45, 2.75) is 65.7 Å². The van der Waals surface area contributed by atoms with Crippen molar-refractivity contribution >= 4 is 5.78 Å². The van der Waals surface area contributed by atoms with E-state index in [4.69, 9.17) is 0 Å². The highest BCUT2D eigenvalue weighted by molar-refractivity contribution is 6.08. The quantitative estimate of drug-likeness (QED) is 0.299. The molecule has 34 heavy (non-hydrogen) atoms. The van der Waals surface area contributed by atoms with Crippen LogP contribution in [-0.4, -0.2) is 15.8 Å². The van der Waals surface area contributed by atoms with Crippen LogP contribution in [0, 0.1) is 6.92 Å². The lowest BCUT2D eigenvalue weighted by Gasteiger charge is -2.26. The van der Waals surface area contributed by atoms with Crippen molar-refractivity contribution < 1.29 is 4.79 Å². The van der Waals surface area contributed by atoms with Crippen molar-refractivity contribution in [3.8, 4) is 11.1 Å². The first-order valence-corrected chi connectivity index (χ1v) is 12.0. The van der Waals surface area contributed by atoms with Gasteiger partial charge in [0.25, 0.3) is 0 Å². The molecule has 2 N–H and O–H groups in total. The van der Waals surface area contributed by atoms with Crippen LogP contribution < -0.4 is 0 Å². The lowest BCUT2D eigenvalue weighted by atomic mass is 9.79. The number of carbonyl (C=O) groups is 1. The van der Waals surface area contributed by atoms with Crippen molar-refractivity contribution in [3.05, 3.63) is 106 Å². The Labute approximate surface area is 203 Å². The second-order valence-corrected chi connectivity index (χ2v) is 11.4. The molecule has 0 atom stereocenters. The summed E-state index contributed by atoms with van der Waals surface area (Å²) in [6.07, 6.45) is 2.68. The van der Waals surface area contributed by atoms with Crippen LogP contribution in [-0.2, 0) is 17.3 Å². The summed E-state index contributed by atoms with van der Waals surface area (Å²) in [6, 6.07) is 21.0. The number of aryl methyl sites for hydroxylation is 1. The van der Waals surface area contributed by atoms with Crippen LogP contribution in [0.25, 0.3) is 11.1 Å². The molecular weight excluding hydrogens is 416 g/mol. The van der Waals surface area contributed by atoms with Gasteiger partial charge in [-0.2, -0.15) is 0 Å². The Kier molecular flexibility index (Phi) is 6.16. The summed E-state index contributed by atoms with van der Waals surface area (Å²) in [5.41, 5.74) is 9.46. The Balaban J connectivity index is 1.62. The average molecular weight is 453 g/mol. The molecule has 0 aliphatic carbocycles. The third kappa shape index (κ3) is 5.09. The van der Waals surface area contributed by atoms with Crippen molar-refractivity contribution in [2.75, 3.05) is 0 Å². The molecule has 2 aromatic carbocycles. The Bertz CT molecular complexity index is 1270. The van der Waals surface area contributed by atoms with Gasteiger partial charge in [-0.15, -0.1) is 0 Å². The highest BCUT2D eigenvalue weighted by atomic mass is 16.1. The summed E-state index contributed by atoms with van der Waals surface area (Å²) in [4.78, 5) is 20.3. The number of hydrogen-bond acceptors (Lipinski definition) is 1. The SMILES string of the molecule is Cc1ccc(-c2cc[nH]c2Cc2ccc(C(=O)c3cc(C(C)(C)C)cc(C(C)(C)C)c3)[nH]2)cc1. The van der Waals surface area contributed by atoms with Gasteiger partial charge >= 0.3 is 0 Å². The summed E-state index contributed by atoms with van der Waals surface area (Å²) in [5.74, 6) is 0.0353. The minimum absolute atomic E-state index is 0.0306. The summed E-state index contributed by atoms with van der Waals surface area (Å²) >= 11 is 0. The predicted octanol–water partition coefficient (Wildman–Crippen LogP) is 7.74. The van der Waals surface area contributed by atoms with Gasteiger partial charge in [0.15, 0.2) is 0 Å². The number of rotatable bonds is 5. The van der Waals surface area contributed by atoms with Gasteiger partial charge in [-0.05, 0) is 64.8 Å². The minimum Gasteiger partial charge on any atom is -0.364 e. The van der Waals surface area contributed by atoms with E-state index in [-0.39, 0.29) is 16.6 Å². The lowest BCUT2D eigenvalue weighted by Crippen LogP contribution is -2.18. The third-order valence-electron chi connectivity index (χ3n) is 6.48. The maximum Gasteiger partial charge on any atom is 0.209 e. The second kappa shape index (κ2) is 8.79. The molecular formula is C31H36N2O. The van der Waals surface area contributed by atoms with Gasteiger partial charge in [0, 0.05) is 35.1 Å². The van der Waals surface area contributed by atoms with Crippen LogP contribution in [0.3, 0.4) is 0 Å². The first kappa shape index (κ1) is 23.8. The fourth-order valence-corrected chi connectivity index (χ4v) is 4.20. The van der Waals surface area contributed by atoms with E-state index in [1.165, 1.54) is 27.8 Å². The van der Waals surface area contributed by atoms with E-state index in [2.05, 4.69) is 107 Å². The summed E-state index contributed by atoms with van der Waals surface area (Å²) in [5, 5.41) is 0. The molecule has 0 amide bonds. The highest BCUT2D eigenvalue weighted by Gasteiger charge is 2.23. The summed E-state index contributed by atoms with van der Waals surface area (Å²) < 4.78 is 0. The maximum absolute atomic E-state index is 13.5. The van der Waals surface area contributed by atoms with Crippen molar-refractivity contribution in [3.63, 3.8) is 0 Å². The number of aromatic amines is 2. The molecule has 0 radical (unpaired) electrons. The number of carbonyl (C=O) groups excluding carboxylic acids is 1. The second-order valence-electron chi connectivity index (χ2n) is 11.4. The predicted molar refractivity (Wildman–Crippen MR) is 142 cm³/mol. The number of hydrogen-bond donors (Lipinski definition) is 2. The molecule has 3 nitrogen and oxygen atoms in total. The van der Waals surface area contributed by atoms with Crippen LogP contribution in [0.15, 0.2) is 66.9 Å². The number of aromatic nitrogens is 2. The molecule has 0 spiro atoms. The van der Waals surface area contributed by atoms with Crippen LogP contribution >= 0.6 is 0 Å². The Hall–Kier alpha value is -3.33. The summed E-state index contributed by atoms with van der Waals surface area (Å²) in [6.45, 7) is 15.3. The highest BCUT2D eigenvalue weighted by Crippen LogP contribution is 2.31. The van der Waals surface area contributed by atoms with E-state index in [9.17, 15) is 4.79 Å². The fraction of sp³-hybridized carbons (Fsp3) is 0.323. The maximum atomic E-state index is 13.5. The van der Waals surface area contributed by atoms with E-state index in [0.29, 0.717) is 12.1 Å². The number of H-pyrrole nitrogens is 2. The average Bonchev–Trinajstić information content (AvgIpc) is 3.42. The Morgan fingerprint density at radius 1 is 0.794 bits per heavy atom. The smallest absolute Gasteiger partial charge is 0.209 e. The molecule has 0 unspecified atom stereocenters. The fourth-order valence-electron chi connectivity index (χ4n) is 4.20. The monoisotopic (exact) mass is 452 g/mol. The number of nitrogens with one attached hydrogen (secondary N) is 2. The van der Waals surface area contributed by atoms with Gasteiger partial charge < -0.3 is 9.97 Å². The van der Waals surface area contributed by atoms with Crippen LogP contribution in [0.5, 0.6) is 0 Å². The van der Waals surface area contributed by atoms with Crippen LogP contribution in [0.2, 0.25) is 0 Å². The molecule has 0 fully saturated rings. The largest absolute Gasteiger partial charge is 0.364 e. The van der Waals surface area contributed by atoms with Crippen molar-refractivity contribution in [2.24, 2.45) is 0 Å². The van der Waals surface area contributed by atoms with Crippen LogP contribution in [0.1, 0.15) is 85.7 Å². The first-order valence-electron chi connectivity index (χ1n) is 12.0. The standard InChI is InChI=1S/C31H36N2O/c1-20-8-10-21(11-9-20)26-14-15-32-28(26)19-25-12-13-27(33-25)29(34)22-16-23(30(2,3)4)18-24(17-22)31(5,6)7/h8-18,32-33H,19H2,1-7H3.